The number of hydrogen-bond donors (Lipinski definition) is 5. The van der Waals surface area contributed by atoms with Gasteiger partial charge in [0, 0.05) is 11.8 Å². The summed E-state index contributed by atoms with van der Waals surface area (Å²) in [6.07, 6.45) is -7.25. The van der Waals surface area contributed by atoms with E-state index in [1.165, 1.54) is 13.4 Å². The van der Waals surface area contributed by atoms with Crippen LogP contribution in [0, 0.1) is 17.8 Å². The predicted octanol–water partition coefficient (Wildman–Crippen LogP) is -2.15. The zero-order chi connectivity index (χ0) is 19.9. The Bertz CT molecular complexity index is 578. The van der Waals surface area contributed by atoms with Crippen LogP contribution in [0.15, 0.2) is 11.8 Å². The maximum absolute atomic E-state index is 12.0. The van der Waals surface area contributed by atoms with Gasteiger partial charge in [0.25, 0.3) is 0 Å². The lowest BCUT2D eigenvalue weighted by Crippen LogP contribution is -2.60. The lowest BCUT2D eigenvalue weighted by Gasteiger charge is -2.43. The van der Waals surface area contributed by atoms with E-state index in [0.717, 1.165) is 0 Å². The minimum Gasteiger partial charge on any atom is -0.472 e. The van der Waals surface area contributed by atoms with Gasteiger partial charge in [0.05, 0.1) is 31.7 Å². The van der Waals surface area contributed by atoms with E-state index in [-0.39, 0.29) is 11.8 Å². The average molecular weight is 390 g/mol. The Morgan fingerprint density at radius 2 is 1.89 bits per heavy atom. The van der Waals surface area contributed by atoms with E-state index < -0.39 is 61.6 Å². The highest BCUT2D eigenvalue weighted by atomic mass is 16.8. The molecule has 10 atom stereocenters. The van der Waals surface area contributed by atoms with Crippen LogP contribution in [0.1, 0.15) is 13.3 Å². The molecule has 27 heavy (non-hydrogen) atoms. The van der Waals surface area contributed by atoms with Crippen LogP contribution in [0.5, 0.6) is 0 Å². The van der Waals surface area contributed by atoms with E-state index >= 15 is 0 Å². The molecule has 5 N–H and O–H groups in total. The van der Waals surface area contributed by atoms with Gasteiger partial charge in [-0.2, -0.15) is 0 Å². The van der Waals surface area contributed by atoms with Crippen LogP contribution in [-0.4, -0.2) is 88.3 Å². The number of hydrogen-bond acceptors (Lipinski definition) is 10. The molecule has 0 amide bonds. The van der Waals surface area contributed by atoms with Crippen molar-refractivity contribution in [3.63, 3.8) is 0 Å². The Kier molecular flexibility index (Phi) is 6.06. The number of fused-ring (bicyclic) bond motifs is 1. The van der Waals surface area contributed by atoms with Crippen LogP contribution in [0.25, 0.3) is 0 Å². The van der Waals surface area contributed by atoms with Crippen molar-refractivity contribution < 1.29 is 49.3 Å². The molecule has 0 aromatic carbocycles. The third-order valence-electron chi connectivity index (χ3n) is 5.75. The molecule has 2 heterocycles. The number of carbonyl (C=O) groups is 1. The topological polar surface area (TPSA) is 155 Å². The molecule has 154 valence electrons. The molecule has 0 radical (unpaired) electrons. The highest BCUT2D eigenvalue weighted by Gasteiger charge is 2.53. The fourth-order valence-corrected chi connectivity index (χ4v) is 4.10. The van der Waals surface area contributed by atoms with E-state index in [1.54, 1.807) is 6.92 Å². The lowest BCUT2D eigenvalue weighted by molar-refractivity contribution is -0.342. The summed E-state index contributed by atoms with van der Waals surface area (Å²) in [6, 6.07) is 0. The summed E-state index contributed by atoms with van der Waals surface area (Å²) in [6.45, 7) is 1.21. The van der Waals surface area contributed by atoms with Crippen molar-refractivity contribution >= 4 is 5.97 Å². The Hall–Kier alpha value is -1.27. The van der Waals surface area contributed by atoms with E-state index in [1.807, 2.05) is 0 Å². The van der Waals surface area contributed by atoms with Crippen LogP contribution >= 0.6 is 0 Å². The predicted molar refractivity (Wildman–Crippen MR) is 86.6 cm³/mol. The molecule has 0 spiro atoms. The summed E-state index contributed by atoms with van der Waals surface area (Å²) >= 11 is 0. The zero-order valence-electron chi connectivity index (χ0n) is 15.0. The SMILES string of the molecule is COC(=O)C1=CO[C@@H](O[C@H]2O[C@@H](CO)[C@@H](O)[C@@H](O)[C@H]2O)[C@@H]2[C@H](C)[C@H](O)C[C@@H]12. The van der Waals surface area contributed by atoms with Crippen LogP contribution < -0.4 is 0 Å². The van der Waals surface area contributed by atoms with Crippen molar-refractivity contribution in [1.29, 1.82) is 0 Å². The highest BCUT2D eigenvalue weighted by molar-refractivity contribution is 5.89. The van der Waals surface area contributed by atoms with Gasteiger partial charge in [-0.15, -0.1) is 0 Å². The summed E-state index contributed by atoms with van der Waals surface area (Å²) in [5, 5.41) is 49.4. The van der Waals surface area contributed by atoms with Crippen molar-refractivity contribution in [2.75, 3.05) is 13.7 Å². The molecule has 2 fully saturated rings. The van der Waals surface area contributed by atoms with E-state index in [9.17, 15) is 30.3 Å². The van der Waals surface area contributed by atoms with Crippen molar-refractivity contribution in [2.24, 2.45) is 17.8 Å². The summed E-state index contributed by atoms with van der Waals surface area (Å²) in [7, 11) is 1.25. The molecule has 1 saturated heterocycles. The first-order chi connectivity index (χ1) is 12.8. The van der Waals surface area contributed by atoms with Gasteiger partial charge in [-0.05, 0) is 12.3 Å². The summed E-state index contributed by atoms with van der Waals surface area (Å²) in [5.41, 5.74) is 0.291. The molecule has 3 aliphatic rings. The molecular weight excluding hydrogens is 364 g/mol. The number of rotatable bonds is 4. The standard InChI is InChI=1S/C17H26O10/c1-6-9(19)3-7-8(15(23)24-2)5-25-16(11(6)7)27-17-14(22)13(21)12(20)10(4-18)26-17/h5-7,9-14,16-22H,3-4H2,1-2H3/t6-,7+,9-,10+,11-,12-,13-,14-,16+,17-/m1/s1. The Labute approximate surface area is 155 Å². The average Bonchev–Trinajstić information content (AvgIpc) is 2.96. The number of esters is 1. The van der Waals surface area contributed by atoms with Gasteiger partial charge in [-0.3, -0.25) is 0 Å². The molecule has 0 bridgehead atoms. The van der Waals surface area contributed by atoms with Crippen LogP contribution in [0.2, 0.25) is 0 Å². The van der Waals surface area contributed by atoms with Crippen molar-refractivity contribution in [2.45, 2.75) is 56.4 Å². The van der Waals surface area contributed by atoms with Gasteiger partial charge in [-0.25, -0.2) is 4.79 Å². The molecule has 1 saturated carbocycles. The fourth-order valence-electron chi connectivity index (χ4n) is 4.10. The molecule has 0 unspecified atom stereocenters. The smallest absolute Gasteiger partial charge is 0.337 e. The minimum atomic E-state index is -1.58. The second-order valence-corrected chi connectivity index (χ2v) is 7.25. The summed E-state index contributed by atoms with van der Waals surface area (Å²) in [4.78, 5) is 12.0. The maximum atomic E-state index is 12.0. The second-order valence-electron chi connectivity index (χ2n) is 7.25. The summed E-state index contributed by atoms with van der Waals surface area (Å²) in [5.74, 6) is -1.63. The Balaban J connectivity index is 1.80. The van der Waals surface area contributed by atoms with Gasteiger partial charge < -0.3 is 44.5 Å². The van der Waals surface area contributed by atoms with Crippen molar-refractivity contribution in [3.05, 3.63) is 11.8 Å². The van der Waals surface area contributed by atoms with Gasteiger partial charge in [-0.1, -0.05) is 6.92 Å². The molecule has 10 heteroatoms. The fraction of sp³-hybridized carbons (Fsp3) is 0.824. The van der Waals surface area contributed by atoms with Crippen LogP contribution in [-0.2, 0) is 23.7 Å². The van der Waals surface area contributed by atoms with Crippen molar-refractivity contribution in [3.8, 4) is 0 Å². The lowest BCUT2D eigenvalue weighted by atomic mass is 9.83. The maximum Gasteiger partial charge on any atom is 0.337 e. The molecule has 10 nitrogen and oxygen atoms in total. The van der Waals surface area contributed by atoms with Crippen LogP contribution in [0.3, 0.4) is 0 Å². The number of methoxy groups -OCH3 is 1. The van der Waals surface area contributed by atoms with E-state index in [2.05, 4.69) is 0 Å². The summed E-state index contributed by atoms with van der Waals surface area (Å²) < 4.78 is 21.4. The normalized spacial score (nSPS) is 47.0. The van der Waals surface area contributed by atoms with E-state index in [4.69, 9.17) is 18.9 Å². The van der Waals surface area contributed by atoms with Gasteiger partial charge in [0.2, 0.25) is 6.29 Å². The van der Waals surface area contributed by atoms with Crippen LogP contribution in [0.4, 0.5) is 0 Å². The Morgan fingerprint density at radius 1 is 1.19 bits per heavy atom. The first kappa shape index (κ1) is 20.5. The van der Waals surface area contributed by atoms with Gasteiger partial charge in [0.1, 0.15) is 24.4 Å². The minimum absolute atomic E-state index is 0.279. The molecule has 3 rings (SSSR count). The molecule has 0 aromatic heterocycles. The number of aliphatic hydroxyl groups is 5. The highest BCUT2D eigenvalue weighted by Crippen LogP contribution is 2.47. The Morgan fingerprint density at radius 3 is 2.52 bits per heavy atom. The molecule has 0 aromatic rings. The largest absolute Gasteiger partial charge is 0.472 e. The quantitative estimate of drug-likeness (QED) is 0.336. The zero-order valence-corrected chi connectivity index (χ0v) is 15.0. The van der Waals surface area contributed by atoms with Gasteiger partial charge >= 0.3 is 5.97 Å². The monoisotopic (exact) mass is 390 g/mol. The molecular formula is C17H26O10. The first-order valence-electron chi connectivity index (χ1n) is 8.88. The first-order valence-corrected chi connectivity index (χ1v) is 8.88. The number of aliphatic hydroxyl groups excluding tert-OH is 5. The third kappa shape index (κ3) is 3.58. The number of ether oxygens (including phenoxy) is 4. The molecule has 2 aliphatic heterocycles. The second kappa shape index (κ2) is 8.00. The third-order valence-corrected chi connectivity index (χ3v) is 5.75. The molecule has 1 aliphatic carbocycles. The number of carbonyl (C=O) groups excluding carboxylic acids is 1. The van der Waals surface area contributed by atoms with Crippen molar-refractivity contribution in [1.82, 2.24) is 0 Å². The van der Waals surface area contributed by atoms with Gasteiger partial charge in [0.15, 0.2) is 6.29 Å². The van der Waals surface area contributed by atoms with E-state index in [0.29, 0.717) is 12.0 Å².